The van der Waals surface area contributed by atoms with Gasteiger partial charge in [-0.2, -0.15) is 0 Å². The lowest BCUT2D eigenvalue weighted by molar-refractivity contribution is -0.138. The average molecular weight is 954 g/mol. The van der Waals surface area contributed by atoms with Crippen LogP contribution >= 0.6 is 70.6 Å². The molecule has 5 heterocycles. The van der Waals surface area contributed by atoms with Gasteiger partial charge in [-0.15, -0.1) is 22.7 Å². The van der Waals surface area contributed by atoms with E-state index >= 15 is 0 Å². The predicted octanol–water partition coefficient (Wildman–Crippen LogP) is 4.06. The van der Waals surface area contributed by atoms with E-state index in [0.29, 0.717) is 48.3 Å². The third-order valence-corrected chi connectivity index (χ3v) is 17.1. The van der Waals surface area contributed by atoms with E-state index < -0.39 is 36.1 Å². The van der Waals surface area contributed by atoms with Crippen LogP contribution in [0, 0.1) is 5.92 Å². The second kappa shape index (κ2) is 18.9. The summed E-state index contributed by atoms with van der Waals surface area (Å²) >= 11 is 15.2. The van der Waals surface area contributed by atoms with Crippen molar-refractivity contribution in [2.24, 2.45) is 5.92 Å². The lowest BCUT2D eigenvalue weighted by Gasteiger charge is -2.46. The van der Waals surface area contributed by atoms with Gasteiger partial charge in [-0.25, -0.2) is 0 Å². The molecule has 2 atom stereocenters. The van der Waals surface area contributed by atoms with E-state index in [0.717, 1.165) is 101 Å². The van der Waals surface area contributed by atoms with Crippen LogP contribution in [0.3, 0.4) is 0 Å². The molecule has 5 aliphatic rings. The van der Waals surface area contributed by atoms with E-state index in [-0.39, 0.29) is 37.7 Å². The van der Waals surface area contributed by atoms with Crippen molar-refractivity contribution < 1.29 is 29.4 Å². The van der Waals surface area contributed by atoms with Crippen molar-refractivity contribution in [3.8, 4) is 0 Å². The Morgan fingerprint density at radius 3 is 1.97 bits per heavy atom. The van der Waals surface area contributed by atoms with Crippen molar-refractivity contribution in [1.29, 1.82) is 0 Å². The number of hydrogen-bond acceptors (Lipinski definition) is 13. The molecule has 0 spiro atoms. The highest BCUT2D eigenvalue weighted by atomic mass is 32.2. The molecular formula is C43H47N5O8S6. The van der Waals surface area contributed by atoms with E-state index in [2.05, 4.69) is 43.1 Å². The zero-order valence-electron chi connectivity index (χ0n) is 34.8. The molecule has 0 saturated carbocycles. The Balaban J connectivity index is 1.24. The maximum Gasteiger partial charge on any atom is 0.323 e. The van der Waals surface area contributed by atoms with E-state index in [4.69, 9.17) is 24.4 Å². The summed E-state index contributed by atoms with van der Waals surface area (Å²) < 4.78 is 4.35. The summed E-state index contributed by atoms with van der Waals surface area (Å²) in [6.07, 6.45) is 19.4. The van der Waals surface area contributed by atoms with Crippen LogP contribution in [0.25, 0.3) is 22.0 Å². The number of carboxylic acids is 2. The standard InChI is InChI=1S/C43H47N5O8S6/c1-5-8-9-10-17-48-28-14-11-24(20-29-35(53)46(22-31(49)50)39(59-29)33-37(55)44(6-2)41(57)61-33)18-26(28)12-13-27-19-25(15-16-43(27,48)4)21-30-36(54)47(23-32(51)52)40(60-30)34-38(56)45(7-3)42(58)62-34/h11,14-15,19-21,24H,5-10,12-13,16-18,22-23H2,1-4H3,(H,49,50)(H,51,52)/b29-20+,30-21+,39-33+,40-34+. The van der Waals surface area contributed by atoms with Gasteiger partial charge >= 0.3 is 11.9 Å². The second-order valence-electron chi connectivity index (χ2n) is 15.7. The number of thiocarbonyl (C=S) groups is 2. The Hall–Kier alpha value is -4.14. The summed E-state index contributed by atoms with van der Waals surface area (Å²) in [6, 6.07) is 0. The molecule has 2 N–H and O–H groups in total. The van der Waals surface area contributed by atoms with Crippen LogP contribution in [-0.4, -0.2) is 91.6 Å². The van der Waals surface area contributed by atoms with Crippen molar-refractivity contribution in [1.82, 2.24) is 23.8 Å². The van der Waals surface area contributed by atoms with Crippen LogP contribution in [0.4, 0.5) is 0 Å². The maximum absolute atomic E-state index is 13.8. The largest absolute Gasteiger partial charge is 0.480 e. The Kier molecular flexibility index (Phi) is 14.0. The molecule has 2 amide bonds. The molecule has 3 aliphatic heterocycles. The van der Waals surface area contributed by atoms with Crippen molar-refractivity contribution in [2.45, 2.75) is 97.7 Å². The molecular weight excluding hydrogens is 907 g/mol. The molecule has 328 valence electrons. The lowest BCUT2D eigenvalue weighted by Crippen LogP contribution is -2.47. The van der Waals surface area contributed by atoms with Gasteiger partial charge in [0.1, 0.15) is 40.9 Å². The number of thioether (sulfide) groups is 2. The zero-order valence-corrected chi connectivity index (χ0v) is 39.7. The first-order valence-corrected chi connectivity index (χ1v) is 24.7. The number of thiazole rings is 2. The van der Waals surface area contributed by atoms with Gasteiger partial charge in [0.2, 0.25) is 0 Å². The fraction of sp³-hybridized carbons (Fsp3) is 0.442. The minimum atomic E-state index is -1.19. The third kappa shape index (κ3) is 8.85. The molecule has 2 saturated heterocycles. The normalized spacial score (nSPS) is 24.0. The van der Waals surface area contributed by atoms with E-state index in [1.54, 1.807) is 6.08 Å². The quantitative estimate of drug-likeness (QED) is 0.219. The van der Waals surface area contributed by atoms with Gasteiger partial charge in [-0.3, -0.25) is 47.7 Å². The topological polar surface area (TPSA) is 162 Å². The first kappa shape index (κ1) is 45.9. The van der Waals surface area contributed by atoms with Gasteiger partial charge in [0.15, 0.2) is 0 Å². The molecule has 0 bridgehead atoms. The van der Waals surface area contributed by atoms with Crippen LogP contribution in [-0.2, 0) is 32.3 Å². The Labute approximate surface area is 384 Å². The molecule has 19 heteroatoms. The molecule has 2 unspecified atom stereocenters. The van der Waals surface area contributed by atoms with Crippen LogP contribution in [0.15, 0.2) is 56.3 Å². The van der Waals surface area contributed by atoms with Gasteiger partial charge in [-0.05, 0) is 81.7 Å². The van der Waals surface area contributed by atoms with Gasteiger partial charge in [-0.1, -0.05) is 98.4 Å². The molecule has 2 fully saturated rings. The van der Waals surface area contributed by atoms with Gasteiger partial charge in [0, 0.05) is 31.2 Å². The van der Waals surface area contributed by atoms with Crippen LogP contribution < -0.4 is 29.5 Å². The number of aliphatic carboxylic acids is 2. The molecule has 62 heavy (non-hydrogen) atoms. The van der Waals surface area contributed by atoms with Gasteiger partial charge in [0.25, 0.3) is 22.9 Å². The lowest BCUT2D eigenvalue weighted by atomic mass is 9.79. The highest BCUT2D eigenvalue weighted by Crippen LogP contribution is 2.46. The van der Waals surface area contributed by atoms with Crippen molar-refractivity contribution >= 4 is 125 Å². The molecule has 2 aromatic heterocycles. The van der Waals surface area contributed by atoms with Crippen LogP contribution in [0.1, 0.15) is 79.1 Å². The Morgan fingerprint density at radius 2 is 1.42 bits per heavy atom. The molecule has 2 aliphatic carbocycles. The number of amides is 2. The highest BCUT2D eigenvalue weighted by molar-refractivity contribution is 8.30. The SMILES string of the molecule is CCCCCCN1C2=C(CCC3=CC(/C=c4/s/c(=C5/SC(=S)N(CC)C5=O)n(CC(=O)O)c4=O)=CCC31C)CC(/C=c1/s/c(=C3/SC(=S)N(CC)C3=O)n(CC(=O)O)c1=O)C=C2. The highest BCUT2D eigenvalue weighted by Gasteiger charge is 2.41. The average Bonchev–Trinajstić information content (AvgIpc) is 3.87. The minimum absolute atomic E-state index is 0.148. The predicted molar refractivity (Wildman–Crippen MR) is 255 cm³/mol. The summed E-state index contributed by atoms with van der Waals surface area (Å²) in [5.74, 6) is -3.19. The van der Waals surface area contributed by atoms with Crippen molar-refractivity contribution in [3.05, 3.63) is 85.8 Å². The summed E-state index contributed by atoms with van der Waals surface area (Å²) in [5, 5.41) is 19.4. The number of aromatic nitrogens is 2. The number of allylic oxidation sites excluding steroid dienone is 5. The Morgan fingerprint density at radius 1 is 0.839 bits per heavy atom. The van der Waals surface area contributed by atoms with Crippen molar-refractivity contribution in [2.75, 3.05) is 19.6 Å². The van der Waals surface area contributed by atoms with E-state index in [1.165, 1.54) is 31.2 Å². The Bertz CT molecular complexity index is 2810. The molecule has 13 nitrogen and oxygen atoms in total. The number of unbranched alkanes of at least 4 members (excludes halogenated alkanes) is 3. The van der Waals surface area contributed by atoms with Gasteiger partial charge < -0.3 is 15.1 Å². The first-order valence-electron chi connectivity index (χ1n) is 20.6. The van der Waals surface area contributed by atoms with Crippen molar-refractivity contribution in [3.63, 3.8) is 0 Å². The molecule has 7 rings (SSSR count). The zero-order chi connectivity index (χ0) is 44.6. The molecule has 0 radical (unpaired) electrons. The summed E-state index contributed by atoms with van der Waals surface area (Å²) in [4.78, 5) is 83.9. The van der Waals surface area contributed by atoms with E-state index in [9.17, 15) is 39.0 Å². The molecule has 0 aromatic carbocycles. The smallest absolute Gasteiger partial charge is 0.323 e. The fourth-order valence-electron chi connectivity index (χ4n) is 8.51. The number of hydrogen-bond donors (Lipinski definition) is 2. The minimum Gasteiger partial charge on any atom is -0.480 e. The first-order chi connectivity index (χ1) is 29.6. The fourth-order valence-corrected chi connectivity index (χ4v) is 13.8. The number of nitrogens with zero attached hydrogens (tertiary/aromatic N) is 5. The third-order valence-electron chi connectivity index (χ3n) is 11.7. The monoisotopic (exact) mass is 953 g/mol. The van der Waals surface area contributed by atoms with Gasteiger partial charge in [0.05, 0.1) is 14.6 Å². The molecule has 2 aromatic rings. The second-order valence-corrected chi connectivity index (χ2v) is 21.0. The number of carboxylic acid groups (broad SMARTS) is 2. The summed E-state index contributed by atoms with van der Waals surface area (Å²) in [7, 11) is 0. The number of carbonyl (C=O) groups excluding carboxylic acids is 2. The van der Waals surface area contributed by atoms with Crippen LogP contribution in [0.2, 0.25) is 0 Å². The number of rotatable bonds is 13. The number of carbonyl (C=O) groups is 4. The van der Waals surface area contributed by atoms with Crippen LogP contribution in [0.5, 0.6) is 0 Å². The summed E-state index contributed by atoms with van der Waals surface area (Å²) in [5.41, 5.74) is 3.17. The number of fused-ring (bicyclic) bond motifs is 1. The van der Waals surface area contributed by atoms with E-state index in [1.807, 2.05) is 19.9 Å². The summed E-state index contributed by atoms with van der Waals surface area (Å²) in [6.45, 7) is 8.49. The maximum atomic E-state index is 13.8.